The van der Waals surface area contributed by atoms with E-state index in [-0.39, 0.29) is 18.1 Å². The van der Waals surface area contributed by atoms with Gasteiger partial charge < -0.3 is 14.4 Å². The van der Waals surface area contributed by atoms with Gasteiger partial charge in [0.1, 0.15) is 17.2 Å². The summed E-state index contributed by atoms with van der Waals surface area (Å²) in [7, 11) is 0. The predicted molar refractivity (Wildman–Crippen MR) is 106 cm³/mol. The minimum atomic E-state index is -0.671. The van der Waals surface area contributed by atoms with E-state index in [9.17, 15) is 9.59 Å². The third kappa shape index (κ3) is 5.57. The van der Waals surface area contributed by atoms with Gasteiger partial charge in [-0.3, -0.25) is 9.59 Å². The molecule has 2 aromatic rings. The fraction of sp³-hybridized carbons (Fsp3) is 0.333. The maximum atomic E-state index is 12.2. The second kappa shape index (κ2) is 9.04. The van der Waals surface area contributed by atoms with E-state index in [0.29, 0.717) is 11.5 Å². The number of halogens is 1. The van der Waals surface area contributed by atoms with E-state index in [0.717, 1.165) is 36.2 Å². The van der Waals surface area contributed by atoms with Gasteiger partial charge >= 0.3 is 0 Å². The third-order valence-corrected chi connectivity index (χ3v) is 4.95. The molecule has 3 rings (SSSR count). The molecule has 1 atom stereocenters. The van der Waals surface area contributed by atoms with E-state index in [2.05, 4.69) is 15.9 Å². The Hall–Kier alpha value is -2.34. The van der Waals surface area contributed by atoms with Gasteiger partial charge in [0.25, 0.3) is 0 Å². The number of carbonyl (C=O) groups excluding carboxylic acids is 2. The number of Topliss-reactive ketones (excluding diaryl/α,β-unsaturated/α-hetero) is 1. The highest BCUT2D eigenvalue weighted by atomic mass is 79.9. The molecule has 6 heteroatoms. The van der Waals surface area contributed by atoms with Gasteiger partial charge in [0.05, 0.1) is 6.42 Å². The summed E-state index contributed by atoms with van der Waals surface area (Å²) in [6.07, 6.45) is 1.25. The third-order valence-electron chi connectivity index (χ3n) is 4.42. The Labute approximate surface area is 167 Å². The Balaban J connectivity index is 1.51. The lowest BCUT2D eigenvalue weighted by molar-refractivity contribution is -0.136. The van der Waals surface area contributed by atoms with Crippen LogP contribution in [-0.2, 0) is 9.59 Å². The van der Waals surface area contributed by atoms with Crippen molar-refractivity contribution in [1.82, 2.24) is 4.90 Å². The van der Waals surface area contributed by atoms with Crippen molar-refractivity contribution in [1.29, 1.82) is 0 Å². The highest BCUT2D eigenvalue weighted by molar-refractivity contribution is 9.10. The van der Waals surface area contributed by atoms with Crippen molar-refractivity contribution in [2.24, 2.45) is 0 Å². The van der Waals surface area contributed by atoms with Crippen LogP contribution in [0.15, 0.2) is 53.0 Å². The Kier molecular flexibility index (Phi) is 6.50. The van der Waals surface area contributed by atoms with Crippen LogP contribution in [-0.4, -0.2) is 35.8 Å². The number of amides is 1. The summed E-state index contributed by atoms with van der Waals surface area (Å²) in [5.74, 6) is 1.66. The number of ketones is 1. The average Bonchev–Trinajstić information content (AvgIpc) is 3.20. The monoisotopic (exact) mass is 431 g/mol. The van der Waals surface area contributed by atoms with Crippen molar-refractivity contribution >= 4 is 27.6 Å². The van der Waals surface area contributed by atoms with Gasteiger partial charge in [-0.05, 0) is 68.3 Å². The van der Waals surface area contributed by atoms with Gasteiger partial charge in [-0.25, -0.2) is 0 Å². The number of hydrogen-bond donors (Lipinski definition) is 0. The SMILES string of the molecule is CC(Oc1ccc(Oc2ccc(Br)cc2)cc1)C(=O)CC(=O)N1CCCC1. The highest BCUT2D eigenvalue weighted by Gasteiger charge is 2.24. The molecule has 0 bridgehead atoms. The number of ether oxygens (including phenoxy) is 2. The second-order valence-electron chi connectivity index (χ2n) is 6.52. The van der Waals surface area contributed by atoms with Crippen LogP contribution in [0.25, 0.3) is 0 Å². The highest BCUT2D eigenvalue weighted by Crippen LogP contribution is 2.25. The van der Waals surface area contributed by atoms with Gasteiger partial charge in [0, 0.05) is 17.6 Å². The molecule has 142 valence electrons. The molecule has 1 fully saturated rings. The van der Waals surface area contributed by atoms with E-state index >= 15 is 0 Å². The van der Waals surface area contributed by atoms with Gasteiger partial charge in [-0.1, -0.05) is 15.9 Å². The number of nitrogens with zero attached hydrogens (tertiary/aromatic N) is 1. The molecule has 1 saturated heterocycles. The summed E-state index contributed by atoms with van der Waals surface area (Å²) in [6, 6.07) is 14.6. The Morgan fingerprint density at radius 3 is 2.07 bits per heavy atom. The minimum Gasteiger partial charge on any atom is -0.483 e. The first-order valence-electron chi connectivity index (χ1n) is 9.02. The minimum absolute atomic E-state index is 0.105. The smallest absolute Gasteiger partial charge is 0.230 e. The standard InChI is InChI=1S/C21H22BrNO4/c1-15(20(24)14-21(25)23-12-2-3-13-23)26-17-8-10-19(11-9-17)27-18-6-4-16(22)5-7-18/h4-11,15H,2-3,12-14H2,1H3. The van der Waals surface area contributed by atoms with Crippen molar-refractivity contribution in [3.63, 3.8) is 0 Å². The van der Waals surface area contributed by atoms with Crippen LogP contribution in [0.4, 0.5) is 0 Å². The van der Waals surface area contributed by atoms with Crippen LogP contribution in [0.1, 0.15) is 26.2 Å². The second-order valence-corrected chi connectivity index (χ2v) is 7.43. The van der Waals surface area contributed by atoms with Crippen molar-refractivity contribution in [3.05, 3.63) is 53.0 Å². The number of rotatable bonds is 7. The zero-order chi connectivity index (χ0) is 19.2. The molecule has 0 radical (unpaired) electrons. The van der Waals surface area contributed by atoms with Gasteiger partial charge in [0.2, 0.25) is 5.91 Å². The van der Waals surface area contributed by atoms with Crippen molar-refractivity contribution in [2.75, 3.05) is 13.1 Å². The quantitative estimate of drug-likeness (QED) is 0.601. The summed E-state index contributed by atoms with van der Waals surface area (Å²) < 4.78 is 12.4. The van der Waals surface area contributed by atoms with Crippen molar-refractivity contribution in [2.45, 2.75) is 32.3 Å². The zero-order valence-electron chi connectivity index (χ0n) is 15.2. The van der Waals surface area contributed by atoms with Gasteiger partial charge in [-0.15, -0.1) is 0 Å². The Morgan fingerprint density at radius 2 is 1.48 bits per heavy atom. The molecule has 2 aromatic carbocycles. The maximum absolute atomic E-state index is 12.2. The van der Waals surface area contributed by atoms with Gasteiger partial charge in [-0.2, -0.15) is 0 Å². The number of hydrogen-bond acceptors (Lipinski definition) is 4. The first kappa shape index (κ1) is 19.4. The molecule has 5 nitrogen and oxygen atoms in total. The maximum Gasteiger partial charge on any atom is 0.230 e. The Morgan fingerprint density at radius 1 is 0.963 bits per heavy atom. The molecule has 27 heavy (non-hydrogen) atoms. The molecule has 0 spiro atoms. The Bertz CT molecular complexity index is 783. The molecule has 0 N–H and O–H groups in total. The van der Waals surface area contributed by atoms with E-state index in [1.54, 1.807) is 36.1 Å². The fourth-order valence-electron chi connectivity index (χ4n) is 2.87. The number of carbonyl (C=O) groups is 2. The topological polar surface area (TPSA) is 55.8 Å². The zero-order valence-corrected chi connectivity index (χ0v) is 16.8. The van der Waals surface area contributed by atoms with Crippen molar-refractivity contribution < 1.29 is 19.1 Å². The van der Waals surface area contributed by atoms with E-state index in [1.165, 1.54) is 0 Å². The van der Waals surface area contributed by atoms with Crippen LogP contribution >= 0.6 is 15.9 Å². The molecule has 1 aliphatic rings. The van der Waals surface area contributed by atoms with Crippen LogP contribution in [0.2, 0.25) is 0 Å². The van der Waals surface area contributed by atoms with E-state index in [1.807, 2.05) is 24.3 Å². The lowest BCUT2D eigenvalue weighted by atomic mass is 10.1. The van der Waals surface area contributed by atoms with Crippen LogP contribution in [0.3, 0.4) is 0 Å². The van der Waals surface area contributed by atoms with Crippen LogP contribution in [0, 0.1) is 0 Å². The molecule has 0 aromatic heterocycles. The number of likely N-dealkylation sites (tertiary alicyclic amines) is 1. The van der Waals surface area contributed by atoms with Gasteiger partial charge in [0.15, 0.2) is 11.9 Å². The predicted octanol–water partition coefficient (Wildman–Crippen LogP) is 4.59. The molecule has 0 aliphatic carbocycles. The van der Waals surface area contributed by atoms with E-state index in [4.69, 9.17) is 9.47 Å². The average molecular weight is 432 g/mol. The molecular formula is C21H22BrNO4. The van der Waals surface area contributed by atoms with Crippen molar-refractivity contribution in [3.8, 4) is 17.2 Å². The molecule has 1 amide bonds. The molecule has 1 heterocycles. The fourth-order valence-corrected chi connectivity index (χ4v) is 3.13. The lowest BCUT2D eigenvalue weighted by Gasteiger charge is -2.17. The summed E-state index contributed by atoms with van der Waals surface area (Å²) in [4.78, 5) is 26.1. The lowest BCUT2D eigenvalue weighted by Crippen LogP contribution is -2.33. The summed E-state index contributed by atoms with van der Waals surface area (Å²) >= 11 is 3.39. The molecule has 0 saturated carbocycles. The molecule has 1 unspecified atom stereocenters. The first-order valence-corrected chi connectivity index (χ1v) is 9.81. The molecular weight excluding hydrogens is 410 g/mol. The first-order chi connectivity index (χ1) is 13.0. The summed E-state index contributed by atoms with van der Waals surface area (Å²) in [6.45, 7) is 3.17. The van der Waals surface area contributed by atoms with Crippen LogP contribution in [0.5, 0.6) is 17.2 Å². The summed E-state index contributed by atoms with van der Waals surface area (Å²) in [5, 5.41) is 0. The largest absolute Gasteiger partial charge is 0.483 e. The summed E-state index contributed by atoms with van der Waals surface area (Å²) in [5.41, 5.74) is 0. The van der Waals surface area contributed by atoms with Crippen LogP contribution < -0.4 is 9.47 Å². The molecule has 1 aliphatic heterocycles. The number of benzene rings is 2. The normalized spacial score (nSPS) is 14.7. The van der Waals surface area contributed by atoms with E-state index < -0.39 is 6.10 Å².